The minimum absolute atomic E-state index is 0.480. The number of hydrogen-bond acceptors (Lipinski definition) is 3. The van der Waals surface area contributed by atoms with Gasteiger partial charge < -0.3 is 15.0 Å². The summed E-state index contributed by atoms with van der Waals surface area (Å²) in [5.41, 5.74) is 0.480. The van der Waals surface area contributed by atoms with Gasteiger partial charge in [-0.15, -0.1) is 0 Å². The van der Waals surface area contributed by atoms with Gasteiger partial charge in [0.25, 0.3) is 0 Å². The van der Waals surface area contributed by atoms with Crippen LogP contribution in [0.1, 0.15) is 47.0 Å². The van der Waals surface area contributed by atoms with Gasteiger partial charge in [-0.2, -0.15) is 0 Å². The van der Waals surface area contributed by atoms with E-state index in [0.29, 0.717) is 17.4 Å². The number of nitrogens with zero attached hydrogens (tertiary/aromatic N) is 1. The van der Waals surface area contributed by atoms with E-state index in [1.54, 1.807) is 0 Å². The van der Waals surface area contributed by atoms with Crippen molar-refractivity contribution in [2.75, 3.05) is 39.4 Å². The largest absolute Gasteiger partial charge is 0.379 e. The molecule has 2 unspecified atom stereocenters. The monoisotopic (exact) mass is 282 g/mol. The molecule has 0 radical (unpaired) electrons. The summed E-state index contributed by atoms with van der Waals surface area (Å²) < 4.78 is 5.69. The summed E-state index contributed by atoms with van der Waals surface area (Å²) in [7, 11) is 0. The van der Waals surface area contributed by atoms with Crippen LogP contribution in [0.15, 0.2) is 0 Å². The smallest absolute Gasteiger partial charge is 0.0623 e. The first kappa shape index (κ1) is 16.3. The Morgan fingerprint density at radius 1 is 1.15 bits per heavy atom. The van der Waals surface area contributed by atoms with Crippen LogP contribution < -0.4 is 5.32 Å². The van der Waals surface area contributed by atoms with Crippen molar-refractivity contribution in [3.05, 3.63) is 0 Å². The molecule has 3 nitrogen and oxygen atoms in total. The van der Waals surface area contributed by atoms with E-state index in [1.165, 1.54) is 38.9 Å². The Morgan fingerprint density at radius 3 is 2.45 bits per heavy atom. The van der Waals surface area contributed by atoms with Crippen LogP contribution in [0.2, 0.25) is 0 Å². The molecule has 118 valence electrons. The molecule has 2 rings (SSSR count). The zero-order valence-electron chi connectivity index (χ0n) is 14.0. The van der Waals surface area contributed by atoms with Gasteiger partial charge in [0.1, 0.15) is 0 Å². The molecule has 0 bridgehead atoms. The third-order valence-electron chi connectivity index (χ3n) is 5.16. The lowest BCUT2D eigenvalue weighted by atomic mass is 9.75. The van der Waals surface area contributed by atoms with E-state index in [-0.39, 0.29) is 0 Å². The van der Waals surface area contributed by atoms with Crippen molar-refractivity contribution in [1.82, 2.24) is 10.2 Å². The molecule has 0 aromatic rings. The third-order valence-corrected chi connectivity index (χ3v) is 5.16. The first-order valence-electron chi connectivity index (χ1n) is 8.54. The molecule has 2 atom stereocenters. The Balaban J connectivity index is 1.74. The molecular weight excluding hydrogens is 248 g/mol. The van der Waals surface area contributed by atoms with Crippen molar-refractivity contribution in [3.8, 4) is 0 Å². The maximum Gasteiger partial charge on any atom is 0.0623 e. The summed E-state index contributed by atoms with van der Waals surface area (Å²) in [6.07, 6.45) is 3.94. The molecule has 3 heteroatoms. The van der Waals surface area contributed by atoms with Crippen molar-refractivity contribution >= 4 is 0 Å². The molecule has 0 aromatic heterocycles. The van der Waals surface area contributed by atoms with Gasteiger partial charge in [-0.25, -0.2) is 0 Å². The first-order chi connectivity index (χ1) is 9.50. The van der Waals surface area contributed by atoms with Crippen LogP contribution in [0.4, 0.5) is 0 Å². The Bertz CT molecular complexity index is 279. The van der Waals surface area contributed by atoms with Gasteiger partial charge in [0.2, 0.25) is 0 Å². The normalized spacial score (nSPS) is 30.0. The van der Waals surface area contributed by atoms with E-state index in [0.717, 1.165) is 25.7 Å². The average Bonchev–Trinajstić information content (AvgIpc) is 2.83. The van der Waals surface area contributed by atoms with Crippen LogP contribution in [0.3, 0.4) is 0 Å². The minimum Gasteiger partial charge on any atom is -0.379 e. The fourth-order valence-electron chi connectivity index (χ4n) is 3.65. The first-order valence-corrected chi connectivity index (χ1v) is 8.54. The van der Waals surface area contributed by atoms with Gasteiger partial charge in [0.15, 0.2) is 0 Å². The second-order valence-corrected chi connectivity index (χ2v) is 7.80. The molecule has 0 spiro atoms. The third kappa shape index (κ3) is 4.44. The van der Waals surface area contributed by atoms with E-state index in [1.807, 2.05) is 0 Å². The van der Waals surface area contributed by atoms with Crippen molar-refractivity contribution in [2.45, 2.75) is 53.0 Å². The second kappa shape index (κ2) is 7.24. The van der Waals surface area contributed by atoms with E-state index < -0.39 is 0 Å². The summed E-state index contributed by atoms with van der Waals surface area (Å²) >= 11 is 0. The lowest BCUT2D eigenvalue weighted by molar-refractivity contribution is 0.0948. The molecular formula is C17H34N2O. The fourth-order valence-corrected chi connectivity index (χ4v) is 3.65. The maximum atomic E-state index is 5.69. The zero-order valence-corrected chi connectivity index (χ0v) is 14.0. The summed E-state index contributed by atoms with van der Waals surface area (Å²) in [5, 5.41) is 3.65. The van der Waals surface area contributed by atoms with E-state index in [9.17, 15) is 0 Å². The number of rotatable bonds is 5. The highest BCUT2D eigenvalue weighted by Gasteiger charge is 2.33. The van der Waals surface area contributed by atoms with Crippen LogP contribution in [0.25, 0.3) is 0 Å². The van der Waals surface area contributed by atoms with E-state index in [4.69, 9.17) is 4.74 Å². The maximum absolute atomic E-state index is 5.69. The van der Waals surface area contributed by atoms with Gasteiger partial charge in [-0.3, -0.25) is 0 Å². The standard InChI is InChI=1S/C17H34N2O/c1-5-8-18-16-13-20-12-14(16)11-19-9-6-15(7-10-19)17(2,3)4/h14-16,18H,5-13H2,1-4H3. The summed E-state index contributed by atoms with van der Waals surface area (Å²) in [6, 6.07) is 0.579. The van der Waals surface area contributed by atoms with E-state index in [2.05, 4.69) is 37.9 Å². The summed E-state index contributed by atoms with van der Waals surface area (Å²) in [5.74, 6) is 1.58. The number of ether oxygens (including phenoxy) is 1. The minimum atomic E-state index is 0.480. The van der Waals surface area contributed by atoms with Crippen molar-refractivity contribution in [1.29, 1.82) is 0 Å². The van der Waals surface area contributed by atoms with Gasteiger partial charge in [-0.05, 0) is 50.2 Å². The van der Waals surface area contributed by atoms with Gasteiger partial charge in [0.05, 0.1) is 13.2 Å². The molecule has 0 aliphatic carbocycles. The molecule has 2 heterocycles. The van der Waals surface area contributed by atoms with Crippen LogP contribution in [-0.4, -0.2) is 50.3 Å². The van der Waals surface area contributed by atoms with Gasteiger partial charge in [0, 0.05) is 18.5 Å². The summed E-state index contributed by atoms with van der Waals surface area (Å²) in [4.78, 5) is 2.67. The van der Waals surface area contributed by atoms with E-state index >= 15 is 0 Å². The van der Waals surface area contributed by atoms with Crippen molar-refractivity contribution in [2.24, 2.45) is 17.3 Å². The highest BCUT2D eigenvalue weighted by molar-refractivity contribution is 4.86. The second-order valence-electron chi connectivity index (χ2n) is 7.80. The van der Waals surface area contributed by atoms with Crippen molar-refractivity contribution in [3.63, 3.8) is 0 Å². The molecule has 2 saturated heterocycles. The number of hydrogen-bond donors (Lipinski definition) is 1. The Kier molecular flexibility index (Phi) is 5.88. The number of likely N-dealkylation sites (tertiary alicyclic amines) is 1. The zero-order chi connectivity index (χ0) is 14.6. The quantitative estimate of drug-likeness (QED) is 0.839. The van der Waals surface area contributed by atoms with Crippen LogP contribution >= 0.6 is 0 Å². The molecule has 0 amide bonds. The van der Waals surface area contributed by atoms with Crippen LogP contribution in [-0.2, 0) is 4.74 Å². The Hall–Kier alpha value is -0.120. The number of piperidine rings is 1. The molecule has 1 N–H and O–H groups in total. The molecule has 2 aliphatic heterocycles. The van der Waals surface area contributed by atoms with Gasteiger partial charge >= 0.3 is 0 Å². The lowest BCUT2D eigenvalue weighted by Gasteiger charge is -2.40. The predicted octanol–water partition coefficient (Wildman–Crippen LogP) is 2.76. The average molecular weight is 282 g/mol. The predicted molar refractivity (Wildman–Crippen MR) is 85.0 cm³/mol. The number of nitrogens with one attached hydrogen (secondary N) is 1. The molecule has 0 saturated carbocycles. The fraction of sp³-hybridized carbons (Fsp3) is 1.00. The molecule has 0 aromatic carbocycles. The topological polar surface area (TPSA) is 24.5 Å². The highest BCUT2D eigenvalue weighted by Crippen LogP contribution is 2.34. The molecule has 2 aliphatic rings. The molecule has 20 heavy (non-hydrogen) atoms. The highest BCUT2D eigenvalue weighted by atomic mass is 16.5. The lowest BCUT2D eigenvalue weighted by Crippen LogP contribution is -2.45. The Morgan fingerprint density at radius 2 is 1.85 bits per heavy atom. The van der Waals surface area contributed by atoms with Crippen LogP contribution in [0, 0.1) is 17.3 Å². The Labute approximate surface area is 125 Å². The van der Waals surface area contributed by atoms with Crippen molar-refractivity contribution < 1.29 is 4.74 Å². The molecule has 2 fully saturated rings. The SMILES string of the molecule is CCCNC1COCC1CN1CCC(C(C)(C)C)CC1. The van der Waals surface area contributed by atoms with Gasteiger partial charge in [-0.1, -0.05) is 27.7 Å². The van der Waals surface area contributed by atoms with Crippen LogP contribution in [0.5, 0.6) is 0 Å². The summed E-state index contributed by atoms with van der Waals surface area (Å²) in [6.45, 7) is 16.2.